The van der Waals surface area contributed by atoms with E-state index in [9.17, 15) is 24.6 Å². The second-order valence-electron chi connectivity index (χ2n) is 8.78. The molecule has 29 heavy (non-hydrogen) atoms. The number of ether oxygens (including phenoxy) is 2. The third kappa shape index (κ3) is 4.16. The summed E-state index contributed by atoms with van der Waals surface area (Å²) in [5.41, 5.74) is -1.79. The second-order valence-corrected chi connectivity index (χ2v) is 8.78. The molecule has 5 atom stereocenters. The molecule has 5 unspecified atom stereocenters. The van der Waals surface area contributed by atoms with E-state index in [1.54, 1.807) is 47.6 Å². The summed E-state index contributed by atoms with van der Waals surface area (Å²) in [5.74, 6) is -2.64. The Bertz CT molecular complexity index is 776. The topological polar surface area (TPSA) is 110 Å². The minimum Gasteiger partial charge on any atom is -0.459 e. The van der Waals surface area contributed by atoms with Gasteiger partial charge in [-0.15, -0.1) is 0 Å². The average Bonchev–Trinajstić information content (AvgIpc) is 2.77. The number of allylic oxidation sites excluding steroid dienone is 2. The van der Waals surface area contributed by atoms with Crippen LogP contribution < -0.4 is 0 Å². The van der Waals surface area contributed by atoms with Crippen LogP contribution in [0.5, 0.6) is 0 Å². The largest absolute Gasteiger partial charge is 0.459 e. The highest BCUT2D eigenvalue weighted by molar-refractivity contribution is 6.00. The first-order chi connectivity index (χ1) is 13.3. The molecule has 0 radical (unpaired) electrons. The van der Waals surface area contributed by atoms with E-state index in [0.717, 1.165) is 0 Å². The van der Waals surface area contributed by atoms with Crippen molar-refractivity contribution in [1.29, 1.82) is 0 Å². The summed E-state index contributed by atoms with van der Waals surface area (Å²) < 4.78 is 11.2. The van der Waals surface area contributed by atoms with E-state index < -0.39 is 47.2 Å². The molecule has 1 saturated carbocycles. The first-order valence-electron chi connectivity index (χ1n) is 9.94. The zero-order valence-corrected chi connectivity index (χ0v) is 18.2. The summed E-state index contributed by atoms with van der Waals surface area (Å²) in [4.78, 5) is 36.6. The van der Waals surface area contributed by atoms with Crippen molar-refractivity contribution in [3.05, 3.63) is 22.8 Å². The highest BCUT2D eigenvalue weighted by atomic mass is 16.6. The molecule has 162 valence electrons. The number of aliphatic hydroxyl groups is 2. The molecule has 0 spiro atoms. The fourth-order valence-corrected chi connectivity index (χ4v) is 4.67. The van der Waals surface area contributed by atoms with Gasteiger partial charge in [-0.2, -0.15) is 0 Å². The molecule has 2 aliphatic rings. The zero-order valence-electron chi connectivity index (χ0n) is 18.2. The predicted molar refractivity (Wildman–Crippen MR) is 106 cm³/mol. The van der Waals surface area contributed by atoms with Crippen molar-refractivity contribution in [3.8, 4) is 0 Å². The average molecular weight is 408 g/mol. The van der Waals surface area contributed by atoms with Gasteiger partial charge >= 0.3 is 11.9 Å². The quantitative estimate of drug-likeness (QED) is 0.542. The monoisotopic (exact) mass is 408 g/mol. The van der Waals surface area contributed by atoms with Crippen molar-refractivity contribution in [1.82, 2.24) is 0 Å². The van der Waals surface area contributed by atoms with Crippen LogP contribution >= 0.6 is 0 Å². The number of carbonyl (C=O) groups is 3. The summed E-state index contributed by atoms with van der Waals surface area (Å²) in [6.07, 6.45) is -0.452. The lowest BCUT2D eigenvalue weighted by atomic mass is 9.77. The molecule has 0 aromatic carbocycles. The van der Waals surface area contributed by atoms with Gasteiger partial charge in [0.05, 0.1) is 17.6 Å². The molecule has 0 aromatic rings. The van der Waals surface area contributed by atoms with Gasteiger partial charge in [0.2, 0.25) is 0 Å². The number of rotatable bonds is 4. The molecule has 0 amide bonds. The third-order valence-electron chi connectivity index (χ3n) is 6.38. The van der Waals surface area contributed by atoms with Crippen LogP contribution in [-0.4, -0.2) is 51.3 Å². The van der Waals surface area contributed by atoms with E-state index >= 15 is 0 Å². The molecule has 0 heterocycles. The first-order valence-corrected chi connectivity index (χ1v) is 9.94. The van der Waals surface area contributed by atoms with Gasteiger partial charge in [0, 0.05) is 18.9 Å². The Morgan fingerprint density at radius 3 is 2.38 bits per heavy atom. The Hall–Kier alpha value is -1.99. The Morgan fingerprint density at radius 2 is 1.86 bits per heavy atom. The molecule has 0 aliphatic heterocycles. The van der Waals surface area contributed by atoms with E-state index in [0.29, 0.717) is 11.1 Å². The number of ketones is 1. The summed E-state index contributed by atoms with van der Waals surface area (Å²) in [6.45, 7) is 11.2. The van der Waals surface area contributed by atoms with E-state index in [1.807, 2.05) is 0 Å². The van der Waals surface area contributed by atoms with Crippen LogP contribution in [0.2, 0.25) is 0 Å². The van der Waals surface area contributed by atoms with E-state index in [1.165, 1.54) is 6.92 Å². The number of fused-ring (bicyclic) bond motifs is 1. The lowest BCUT2D eigenvalue weighted by molar-refractivity contribution is -0.177. The molecule has 7 heteroatoms. The summed E-state index contributed by atoms with van der Waals surface area (Å²) >= 11 is 0. The van der Waals surface area contributed by atoms with Crippen LogP contribution in [0.15, 0.2) is 22.8 Å². The molecule has 7 nitrogen and oxygen atoms in total. The number of Topliss-reactive ketones (excluding diaryl/α,β-unsaturated/α-hetero) is 1. The maximum absolute atomic E-state index is 12.5. The van der Waals surface area contributed by atoms with E-state index in [4.69, 9.17) is 9.47 Å². The SMILES string of the molecule is CC=C(C)C(=O)OC1CC(C)C2(O)CC(=O)C(C)=C2C(O)C1C(C)(C)OC(C)=O. The third-order valence-corrected chi connectivity index (χ3v) is 6.38. The molecule has 0 aromatic heterocycles. The minimum atomic E-state index is -1.53. The standard InChI is InChI=1S/C22H32O7/c1-8-11(2)20(26)28-16-9-12(3)22(27)10-15(24)13(4)17(22)19(25)18(16)21(6,7)29-14(5)23/h8,12,16,18-19,25,27H,9-10H2,1-7H3. The van der Waals surface area contributed by atoms with Crippen molar-refractivity contribution in [3.63, 3.8) is 0 Å². The van der Waals surface area contributed by atoms with Gasteiger partial charge in [-0.3, -0.25) is 9.59 Å². The Kier molecular flexibility index (Phi) is 6.45. The van der Waals surface area contributed by atoms with E-state index in [-0.39, 0.29) is 24.2 Å². The molecule has 2 N–H and O–H groups in total. The van der Waals surface area contributed by atoms with E-state index in [2.05, 4.69) is 0 Å². The fourth-order valence-electron chi connectivity index (χ4n) is 4.67. The van der Waals surface area contributed by atoms with Gasteiger partial charge < -0.3 is 19.7 Å². The van der Waals surface area contributed by atoms with Crippen molar-refractivity contribution in [2.75, 3.05) is 0 Å². The summed E-state index contributed by atoms with van der Waals surface area (Å²) in [6, 6.07) is 0. The number of esters is 2. The van der Waals surface area contributed by atoms with Gasteiger partial charge in [-0.25, -0.2) is 4.79 Å². The number of hydrogen-bond acceptors (Lipinski definition) is 7. The number of aliphatic hydroxyl groups excluding tert-OH is 1. The minimum absolute atomic E-state index is 0.123. The maximum atomic E-state index is 12.5. The van der Waals surface area contributed by atoms with Crippen LogP contribution in [0, 0.1) is 11.8 Å². The van der Waals surface area contributed by atoms with Crippen molar-refractivity contribution in [2.24, 2.45) is 11.8 Å². The lowest BCUT2D eigenvalue weighted by Gasteiger charge is -2.40. The number of carbonyl (C=O) groups excluding carboxylic acids is 3. The van der Waals surface area contributed by atoms with Gasteiger partial charge in [-0.05, 0) is 58.1 Å². The van der Waals surface area contributed by atoms with Crippen LogP contribution in [0.1, 0.15) is 61.3 Å². The zero-order chi connectivity index (χ0) is 22.3. The molecule has 0 saturated heterocycles. The first kappa shape index (κ1) is 23.3. The normalized spacial score (nSPS) is 33.3. The molecular formula is C22H32O7. The number of hydrogen-bond donors (Lipinski definition) is 2. The van der Waals surface area contributed by atoms with Crippen LogP contribution in [0.25, 0.3) is 0 Å². The van der Waals surface area contributed by atoms with Crippen LogP contribution in [0.3, 0.4) is 0 Å². The Morgan fingerprint density at radius 1 is 1.28 bits per heavy atom. The smallest absolute Gasteiger partial charge is 0.333 e. The summed E-state index contributed by atoms with van der Waals surface area (Å²) in [7, 11) is 0. The Labute approximate surface area is 171 Å². The highest BCUT2D eigenvalue weighted by Crippen LogP contribution is 2.50. The highest BCUT2D eigenvalue weighted by Gasteiger charge is 2.58. The Balaban J connectivity index is 2.61. The van der Waals surface area contributed by atoms with Crippen molar-refractivity contribution in [2.45, 2.75) is 84.7 Å². The van der Waals surface area contributed by atoms with Gasteiger partial charge in [-0.1, -0.05) is 13.0 Å². The van der Waals surface area contributed by atoms with Gasteiger partial charge in [0.1, 0.15) is 11.7 Å². The second kappa shape index (κ2) is 8.03. The molecule has 1 fully saturated rings. The van der Waals surface area contributed by atoms with Crippen LogP contribution in [-0.2, 0) is 23.9 Å². The summed E-state index contributed by atoms with van der Waals surface area (Å²) in [5, 5.41) is 22.7. The van der Waals surface area contributed by atoms with Gasteiger partial charge in [0.15, 0.2) is 5.78 Å². The van der Waals surface area contributed by atoms with Crippen LogP contribution in [0.4, 0.5) is 0 Å². The maximum Gasteiger partial charge on any atom is 0.333 e. The predicted octanol–water partition coefficient (Wildman–Crippen LogP) is 2.24. The molecule has 0 bridgehead atoms. The van der Waals surface area contributed by atoms with Crippen molar-refractivity contribution >= 4 is 17.7 Å². The fraction of sp³-hybridized carbons (Fsp3) is 0.682. The molecule has 2 rings (SSSR count). The van der Waals surface area contributed by atoms with Crippen molar-refractivity contribution < 1.29 is 34.1 Å². The van der Waals surface area contributed by atoms with Gasteiger partial charge in [0.25, 0.3) is 0 Å². The molecular weight excluding hydrogens is 376 g/mol. The lowest BCUT2D eigenvalue weighted by Crippen LogP contribution is -2.51. The molecule has 2 aliphatic carbocycles.